The fourth-order valence-electron chi connectivity index (χ4n) is 3.35. The molecule has 118 valence electrons. The third kappa shape index (κ3) is 4.18. The molecule has 0 heterocycles. The highest BCUT2D eigenvalue weighted by molar-refractivity contribution is 6.30. The van der Waals surface area contributed by atoms with Crippen molar-refractivity contribution in [3.05, 3.63) is 34.6 Å². The molecule has 2 rings (SSSR count). The molecule has 21 heavy (non-hydrogen) atoms. The monoisotopic (exact) mass is 313 g/mol. The van der Waals surface area contributed by atoms with E-state index in [-0.39, 0.29) is 17.5 Å². The summed E-state index contributed by atoms with van der Waals surface area (Å²) < 4.78 is 20.1. The molecular weight excluding hydrogens is 289 g/mol. The zero-order valence-electron chi connectivity index (χ0n) is 12.7. The SMILES string of the molecule is CCOC1(C(N)Cc2ccc(Cl)cc2F)CCCCCC1. The molecule has 0 spiro atoms. The second kappa shape index (κ2) is 7.57. The normalized spacial score (nSPS) is 20.0. The van der Waals surface area contributed by atoms with E-state index in [2.05, 4.69) is 0 Å². The van der Waals surface area contributed by atoms with Crippen LogP contribution in [-0.4, -0.2) is 18.2 Å². The molecule has 0 saturated heterocycles. The van der Waals surface area contributed by atoms with Gasteiger partial charge >= 0.3 is 0 Å². The summed E-state index contributed by atoms with van der Waals surface area (Å²) in [6.45, 7) is 2.65. The maximum absolute atomic E-state index is 14.0. The average Bonchev–Trinajstić information content (AvgIpc) is 2.69. The van der Waals surface area contributed by atoms with Gasteiger partial charge in [0.15, 0.2) is 0 Å². The van der Waals surface area contributed by atoms with Crippen molar-refractivity contribution in [2.24, 2.45) is 5.73 Å². The number of benzene rings is 1. The van der Waals surface area contributed by atoms with Crippen LogP contribution < -0.4 is 5.73 Å². The first-order valence-electron chi connectivity index (χ1n) is 7.91. The Morgan fingerprint density at radius 3 is 2.52 bits per heavy atom. The van der Waals surface area contributed by atoms with E-state index in [1.54, 1.807) is 12.1 Å². The lowest BCUT2D eigenvalue weighted by molar-refractivity contribution is -0.0684. The van der Waals surface area contributed by atoms with Gasteiger partial charge in [-0.05, 0) is 43.9 Å². The Kier molecular flexibility index (Phi) is 6.03. The number of hydrogen-bond donors (Lipinski definition) is 1. The molecule has 0 bridgehead atoms. The molecule has 0 aliphatic heterocycles. The van der Waals surface area contributed by atoms with Gasteiger partial charge in [0.1, 0.15) is 5.82 Å². The minimum atomic E-state index is -0.308. The van der Waals surface area contributed by atoms with Crippen LogP contribution in [0.4, 0.5) is 4.39 Å². The first kappa shape index (κ1) is 16.7. The quantitative estimate of drug-likeness (QED) is 0.813. The molecule has 1 fully saturated rings. The zero-order valence-corrected chi connectivity index (χ0v) is 13.5. The standard InChI is InChI=1S/C17H25ClFNO/c1-2-21-17(9-5-3-4-6-10-17)16(20)11-13-7-8-14(18)12-15(13)19/h7-8,12,16H,2-6,9-11,20H2,1H3. The van der Waals surface area contributed by atoms with Crippen LogP contribution in [0.2, 0.25) is 5.02 Å². The molecule has 0 aromatic heterocycles. The molecule has 0 amide bonds. The van der Waals surface area contributed by atoms with E-state index in [1.165, 1.54) is 18.9 Å². The van der Waals surface area contributed by atoms with Crippen molar-refractivity contribution >= 4 is 11.6 Å². The van der Waals surface area contributed by atoms with E-state index in [0.29, 0.717) is 23.6 Å². The average molecular weight is 314 g/mol. The summed E-state index contributed by atoms with van der Waals surface area (Å²) >= 11 is 5.80. The Morgan fingerprint density at radius 1 is 1.29 bits per heavy atom. The van der Waals surface area contributed by atoms with Gasteiger partial charge in [-0.25, -0.2) is 4.39 Å². The van der Waals surface area contributed by atoms with Gasteiger partial charge in [0.25, 0.3) is 0 Å². The summed E-state index contributed by atoms with van der Waals surface area (Å²) in [5.41, 5.74) is 6.77. The maximum atomic E-state index is 14.0. The van der Waals surface area contributed by atoms with Crippen molar-refractivity contribution in [3.8, 4) is 0 Å². The molecule has 2 N–H and O–H groups in total. The largest absolute Gasteiger partial charge is 0.374 e. The molecule has 2 nitrogen and oxygen atoms in total. The first-order valence-corrected chi connectivity index (χ1v) is 8.28. The Morgan fingerprint density at radius 2 is 1.95 bits per heavy atom. The lowest BCUT2D eigenvalue weighted by atomic mass is 9.83. The summed E-state index contributed by atoms with van der Waals surface area (Å²) in [4.78, 5) is 0. The van der Waals surface area contributed by atoms with Crippen LogP contribution in [0.1, 0.15) is 51.0 Å². The van der Waals surface area contributed by atoms with Gasteiger partial charge in [0, 0.05) is 17.7 Å². The summed E-state index contributed by atoms with van der Waals surface area (Å²) in [6.07, 6.45) is 7.17. The summed E-state index contributed by atoms with van der Waals surface area (Å²) in [5.74, 6) is -0.279. The Balaban J connectivity index is 2.15. The molecule has 1 aliphatic carbocycles. The minimum Gasteiger partial charge on any atom is -0.374 e. The van der Waals surface area contributed by atoms with Gasteiger partial charge < -0.3 is 10.5 Å². The van der Waals surface area contributed by atoms with E-state index in [1.807, 2.05) is 6.92 Å². The van der Waals surface area contributed by atoms with Crippen LogP contribution in [0.5, 0.6) is 0 Å². The maximum Gasteiger partial charge on any atom is 0.127 e. The van der Waals surface area contributed by atoms with E-state index < -0.39 is 0 Å². The number of halogens is 2. The van der Waals surface area contributed by atoms with Gasteiger partial charge in [0.2, 0.25) is 0 Å². The topological polar surface area (TPSA) is 35.2 Å². The Hall–Kier alpha value is -0.640. The van der Waals surface area contributed by atoms with Crippen LogP contribution in [0.3, 0.4) is 0 Å². The molecule has 1 aliphatic rings. The lowest BCUT2D eigenvalue weighted by Crippen LogP contribution is -2.51. The van der Waals surface area contributed by atoms with E-state index in [9.17, 15) is 4.39 Å². The fraction of sp³-hybridized carbons (Fsp3) is 0.647. The molecule has 1 aromatic rings. The highest BCUT2D eigenvalue weighted by atomic mass is 35.5. The molecule has 1 atom stereocenters. The third-order valence-corrected chi connectivity index (χ3v) is 4.75. The van der Waals surface area contributed by atoms with Crippen molar-refractivity contribution in [1.29, 1.82) is 0 Å². The van der Waals surface area contributed by atoms with E-state index in [0.717, 1.165) is 25.7 Å². The van der Waals surface area contributed by atoms with Crippen molar-refractivity contribution < 1.29 is 9.13 Å². The van der Waals surface area contributed by atoms with Crippen molar-refractivity contribution in [2.45, 2.75) is 63.5 Å². The second-order valence-corrected chi connectivity index (χ2v) is 6.39. The number of ether oxygens (including phenoxy) is 1. The van der Waals surface area contributed by atoms with Crippen molar-refractivity contribution in [1.82, 2.24) is 0 Å². The predicted octanol–water partition coefficient (Wildman–Crippen LogP) is 4.48. The van der Waals surface area contributed by atoms with Gasteiger partial charge in [-0.2, -0.15) is 0 Å². The van der Waals surface area contributed by atoms with E-state index in [4.69, 9.17) is 22.1 Å². The second-order valence-electron chi connectivity index (χ2n) is 5.96. The van der Waals surface area contributed by atoms with Crippen molar-refractivity contribution in [3.63, 3.8) is 0 Å². The smallest absolute Gasteiger partial charge is 0.127 e. The Labute approximate surface area is 131 Å². The molecule has 1 aromatic carbocycles. The first-order chi connectivity index (χ1) is 10.1. The highest BCUT2D eigenvalue weighted by Crippen LogP contribution is 2.34. The molecule has 4 heteroatoms. The lowest BCUT2D eigenvalue weighted by Gasteiger charge is -2.38. The zero-order chi connectivity index (χ0) is 15.3. The van der Waals surface area contributed by atoms with Crippen LogP contribution in [-0.2, 0) is 11.2 Å². The molecule has 1 saturated carbocycles. The van der Waals surface area contributed by atoms with Crippen LogP contribution in [0.25, 0.3) is 0 Å². The minimum absolute atomic E-state index is 0.189. The fourth-order valence-corrected chi connectivity index (χ4v) is 3.51. The third-order valence-electron chi connectivity index (χ3n) is 4.51. The van der Waals surface area contributed by atoms with E-state index >= 15 is 0 Å². The molecule has 1 unspecified atom stereocenters. The molecular formula is C17H25ClFNO. The number of hydrogen-bond acceptors (Lipinski definition) is 2. The van der Waals surface area contributed by atoms with Crippen molar-refractivity contribution in [2.75, 3.05) is 6.61 Å². The summed E-state index contributed by atoms with van der Waals surface area (Å²) in [5, 5.41) is 0.416. The van der Waals surface area contributed by atoms with Crippen LogP contribution in [0, 0.1) is 5.82 Å². The van der Waals surface area contributed by atoms with Crippen LogP contribution >= 0.6 is 11.6 Å². The Bertz CT molecular complexity index is 458. The predicted molar refractivity (Wildman–Crippen MR) is 85.1 cm³/mol. The van der Waals surface area contributed by atoms with Gasteiger partial charge in [-0.1, -0.05) is 43.4 Å². The van der Waals surface area contributed by atoms with Gasteiger partial charge in [0.05, 0.1) is 5.60 Å². The molecule has 0 radical (unpaired) electrons. The van der Waals surface area contributed by atoms with Crippen LogP contribution in [0.15, 0.2) is 18.2 Å². The van der Waals surface area contributed by atoms with Gasteiger partial charge in [-0.15, -0.1) is 0 Å². The van der Waals surface area contributed by atoms with Gasteiger partial charge in [-0.3, -0.25) is 0 Å². The summed E-state index contributed by atoms with van der Waals surface area (Å²) in [7, 11) is 0. The number of nitrogens with two attached hydrogens (primary N) is 1. The summed E-state index contributed by atoms with van der Waals surface area (Å²) in [6, 6.07) is 4.61. The highest BCUT2D eigenvalue weighted by Gasteiger charge is 2.38. The number of rotatable bonds is 5.